The number of likely N-dealkylation sites (tertiary alicyclic amines) is 1. The van der Waals surface area contributed by atoms with Crippen molar-refractivity contribution in [2.24, 2.45) is 23.7 Å². The molecule has 6 heteroatoms. The van der Waals surface area contributed by atoms with E-state index < -0.39 is 0 Å². The molecule has 0 spiro atoms. The van der Waals surface area contributed by atoms with Gasteiger partial charge in [0.1, 0.15) is 0 Å². The quantitative estimate of drug-likeness (QED) is 0.520. The summed E-state index contributed by atoms with van der Waals surface area (Å²) in [5, 5.41) is 0. The van der Waals surface area contributed by atoms with Gasteiger partial charge in [0.15, 0.2) is 0 Å². The average molecular weight is 407 g/mol. The van der Waals surface area contributed by atoms with Crippen LogP contribution in [0.2, 0.25) is 0 Å². The maximum absolute atomic E-state index is 12.6. The molecule has 2 amide bonds. The normalized spacial score (nSPS) is 50.3. The van der Waals surface area contributed by atoms with E-state index in [-0.39, 0.29) is 29.8 Å². The fourth-order valence-corrected chi connectivity index (χ4v) is 6.46. The Kier molecular flexibility index (Phi) is 3.28. The first-order valence-electron chi connectivity index (χ1n) is 7.34. The number of alkyl halides is 2. The molecule has 0 aromatic heterocycles. The summed E-state index contributed by atoms with van der Waals surface area (Å²) in [5.74, 6) is 0.526. The van der Waals surface area contributed by atoms with Gasteiger partial charge in [0.2, 0.25) is 11.8 Å². The van der Waals surface area contributed by atoms with Crippen LogP contribution in [-0.4, -0.2) is 45.6 Å². The minimum atomic E-state index is -0.0907. The number of ether oxygens (including phenoxy) is 1. The van der Waals surface area contributed by atoms with Crippen LogP contribution in [0.5, 0.6) is 0 Å². The van der Waals surface area contributed by atoms with E-state index in [1.165, 1.54) is 4.90 Å². The van der Waals surface area contributed by atoms with Gasteiger partial charge in [0.25, 0.3) is 0 Å². The number of hydrogen-bond acceptors (Lipinski definition) is 3. The fraction of sp³-hybridized carbons (Fsp3) is 0.857. The van der Waals surface area contributed by atoms with Crippen LogP contribution in [0, 0.1) is 23.7 Å². The van der Waals surface area contributed by atoms with Crippen LogP contribution >= 0.6 is 31.9 Å². The summed E-state index contributed by atoms with van der Waals surface area (Å²) < 4.78 is 5.58. The summed E-state index contributed by atoms with van der Waals surface area (Å²) in [7, 11) is 0. The first kappa shape index (κ1) is 13.7. The van der Waals surface area contributed by atoms with Crippen molar-refractivity contribution in [3.8, 4) is 0 Å². The lowest BCUT2D eigenvalue weighted by atomic mass is 9.81. The molecule has 4 rings (SSSR count). The molecule has 0 aromatic rings. The van der Waals surface area contributed by atoms with Crippen molar-refractivity contribution in [2.45, 2.75) is 35.0 Å². The molecule has 0 radical (unpaired) electrons. The highest BCUT2D eigenvalue weighted by Crippen LogP contribution is 2.60. The SMILES string of the molecule is O=C1[C@@H]2[C@H]3C[C@@H]([C@@H](Br)[C@H]3Br)[C@H]2C(=O)N1C[C@@H]1CCCO1. The van der Waals surface area contributed by atoms with Gasteiger partial charge < -0.3 is 4.74 Å². The second kappa shape index (κ2) is 4.78. The van der Waals surface area contributed by atoms with Crippen molar-refractivity contribution in [1.29, 1.82) is 0 Å². The van der Waals surface area contributed by atoms with Crippen LogP contribution < -0.4 is 0 Å². The summed E-state index contributed by atoms with van der Waals surface area (Å²) in [6, 6.07) is 0. The number of amides is 2. The third kappa shape index (κ3) is 1.73. The molecule has 2 bridgehead atoms. The molecule has 20 heavy (non-hydrogen) atoms. The lowest BCUT2D eigenvalue weighted by Gasteiger charge is -2.28. The maximum atomic E-state index is 12.6. The standard InChI is InChI=1S/C14H17Br2NO3/c15-11-7-4-8(12(11)16)10-9(7)13(18)17(14(10)19)5-6-2-1-3-20-6/h6-12H,1-5H2/t6-,7+,8+,9+,10+,11-,12+/m0/s1. The van der Waals surface area contributed by atoms with Crippen LogP contribution in [0.25, 0.3) is 0 Å². The number of halogens is 2. The third-order valence-corrected chi connectivity index (χ3v) is 8.70. The van der Waals surface area contributed by atoms with Crippen molar-refractivity contribution in [3.05, 3.63) is 0 Å². The molecule has 110 valence electrons. The summed E-state index contributed by atoms with van der Waals surface area (Å²) in [6.45, 7) is 1.22. The summed E-state index contributed by atoms with van der Waals surface area (Å²) in [5.41, 5.74) is 0. The van der Waals surface area contributed by atoms with E-state index in [4.69, 9.17) is 4.74 Å². The molecule has 0 N–H and O–H groups in total. The lowest BCUT2D eigenvalue weighted by molar-refractivity contribution is -0.142. The van der Waals surface area contributed by atoms with Crippen LogP contribution in [0.1, 0.15) is 19.3 Å². The first-order chi connectivity index (χ1) is 9.59. The first-order valence-corrected chi connectivity index (χ1v) is 9.17. The van der Waals surface area contributed by atoms with Gasteiger partial charge >= 0.3 is 0 Å². The zero-order chi connectivity index (χ0) is 14.0. The Hall–Kier alpha value is 0.0600. The van der Waals surface area contributed by atoms with Crippen LogP contribution in [0.4, 0.5) is 0 Å². The van der Waals surface area contributed by atoms with Crippen molar-refractivity contribution < 1.29 is 14.3 Å². The number of nitrogens with zero attached hydrogens (tertiary/aromatic N) is 1. The molecular formula is C14H17Br2NO3. The Balaban J connectivity index is 1.57. The molecule has 2 saturated carbocycles. The number of carbonyl (C=O) groups is 2. The molecule has 0 aromatic carbocycles. The van der Waals surface area contributed by atoms with E-state index in [1.807, 2.05) is 0 Å². The second-order valence-electron chi connectivity index (χ2n) is 6.43. The zero-order valence-corrected chi connectivity index (χ0v) is 14.2. The van der Waals surface area contributed by atoms with E-state index in [1.54, 1.807) is 0 Å². The molecule has 4 aliphatic rings. The molecule has 4 fully saturated rings. The van der Waals surface area contributed by atoms with E-state index in [2.05, 4.69) is 31.9 Å². The Bertz CT molecular complexity index is 433. The number of carbonyl (C=O) groups excluding carboxylic acids is 2. The van der Waals surface area contributed by atoms with Crippen LogP contribution in [0.15, 0.2) is 0 Å². The minimum Gasteiger partial charge on any atom is -0.376 e. The van der Waals surface area contributed by atoms with Gasteiger partial charge in [0.05, 0.1) is 24.5 Å². The average Bonchev–Trinajstić information content (AvgIpc) is 3.15. The van der Waals surface area contributed by atoms with E-state index in [0.717, 1.165) is 25.9 Å². The molecule has 2 saturated heterocycles. The second-order valence-corrected chi connectivity index (χ2v) is 8.54. The van der Waals surface area contributed by atoms with Gasteiger partial charge in [0, 0.05) is 16.3 Å². The van der Waals surface area contributed by atoms with Crippen molar-refractivity contribution in [1.82, 2.24) is 4.90 Å². The van der Waals surface area contributed by atoms with Crippen molar-refractivity contribution >= 4 is 43.7 Å². The molecule has 2 aliphatic carbocycles. The Labute approximate surface area is 134 Å². The summed E-state index contributed by atoms with van der Waals surface area (Å²) in [6.07, 6.45) is 3.04. The lowest BCUT2D eigenvalue weighted by Crippen LogP contribution is -2.38. The molecule has 0 unspecified atom stereocenters. The van der Waals surface area contributed by atoms with E-state index in [9.17, 15) is 9.59 Å². The monoisotopic (exact) mass is 405 g/mol. The highest BCUT2D eigenvalue weighted by atomic mass is 79.9. The summed E-state index contributed by atoms with van der Waals surface area (Å²) >= 11 is 7.40. The highest BCUT2D eigenvalue weighted by molar-refractivity contribution is 9.12. The number of rotatable bonds is 2. The topological polar surface area (TPSA) is 46.6 Å². The zero-order valence-electron chi connectivity index (χ0n) is 11.0. The predicted octanol–water partition coefficient (Wildman–Crippen LogP) is 1.94. The number of hydrogen-bond donors (Lipinski definition) is 0. The van der Waals surface area contributed by atoms with Gasteiger partial charge in [-0.25, -0.2) is 0 Å². The largest absolute Gasteiger partial charge is 0.376 e. The third-order valence-electron chi connectivity index (χ3n) is 5.49. The fourth-order valence-electron chi connectivity index (χ4n) is 4.58. The van der Waals surface area contributed by atoms with E-state index in [0.29, 0.717) is 28.0 Å². The van der Waals surface area contributed by atoms with Crippen LogP contribution in [0.3, 0.4) is 0 Å². The van der Waals surface area contributed by atoms with Gasteiger partial charge in [-0.2, -0.15) is 0 Å². The highest BCUT2D eigenvalue weighted by Gasteiger charge is 2.66. The smallest absolute Gasteiger partial charge is 0.233 e. The maximum Gasteiger partial charge on any atom is 0.233 e. The van der Waals surface area contributed by atoms with Gasteiger partial charge in [-0.3, -0.25) is 14.5 Å². The molecular weight excluding hydrogens is 390 g/mol. The summed E-state index contributed by atoms with van der Waals surface area (Å²) in [4.78, 5) is 27.4. The van der Waals surface area contributed by atoms with Crippen LogP contribution in [-0.2, 0) is 14.3 Å². The molecule has 2 aliphatic heterocycles. The van der Waals surface area contributed by atoms with Gasteiger partial charge in [-0.05, 0) is 31.1 Å². The molecule has 2 heterocycles. The van der Waals surface area contributed by atoms with Gasteiger partial charge in [-0.15, -0.1) is 0 Å². The van der Waals surface area contributed by atoms with E-state index >= 15 is 0 Å². The number of fused-ring (bicyclic) bond motifs is 5. The van der Waals surface area contributed by atoms with Gasteiger partial charge in [-0.1, -0.05) is 31.9 Å². The Morgan fingerprint density at radius 2 is 1.70 bits per heavy atom. The number of imide groups is 1. The Morgan fingerprint density at radius 3 is 2.20 bits per heavy atom. The molecule has 4 nitrogen and oxygen atoms in total. The van der Waals surface area contributed by atoms with Crippen molar-refractivity contribution in [2.75, 3.05) is 13.2 Å². The Morgan fingerprint density at radius 1 is 1.10 bits per heavy atom. The molecule has 7 atom stereocenters. The van der Waals surface area contributed by atoms with Crippen molar-refractivity contribution in [3.63, 3.8) is 0 Å². The predicted molar refractivity (Wildman–Crippen MR) is 79.7 cm³/mol. The minimum absolute atomic E-state index is 0.0480.